The van der Waals surface area contributed by atoms with Crippen molar-refractivity contribution in [3.05, 3.63) is 35.7 Å². The Hall–Kier alpha value is -4.75. The molecule has 0 aromatic carbocycles. The molecule has 0 bridgehead atoms. The van der Waals surface area contributed by atoms with E-state index in [9.17, 15) is 18.8 Å². The quantitative estimate of drug-likeness (QED) is 0.249. The Morgan fingerprint density at radius 1 is 1.25 bits per heavy atom. The van der Waals surface area contributed by atoms with E-state index in [4.69, 9.17) is 19.8 Å². The molecule has 2 atom stereocenters. The molecule has 7 rings (SSSR count). The molecular weight excluding hydrogens is 571 g/mol. The van der Waals surface area contributed by atoms with E-state index in [1.165, 1.54) is 4.90 Å². The number of pyridine rings is 2. The van der Waals surface area contributed by atoms with Crippen LogP contribution in [0.3, 0.4) is 0 Å². The molecule has 0 unspecified atom stereocenters. The zero-order valence-corrected chi connectivity index (χ0v) is 24.3. The van der Waals surface area contributed by atoms with E-state index < -0.39 is 18.8 Å². The van der Waals surface area contributed by atoms with E-state index >= 15 is 0 Å². The molecule has 3 amide bonds. The van der Waals surface area contributed by atoms with Crippen LogP contribution in [0.15, 0.2) is 24.4 Å². The number of aryl methyl sites for hydroxylation is 1. The normalized spacial score (nSPS) is 19.0. The second-order valence-electron chi connectivity index (χ2n) is 11.9. The third-order valence-electron chi connectivity index (χ3n) is 8.67. The Kier molecular flexibility index (Phi) is 7.05. The van der Waals surface area contributed by atoms with Gasteiger partial charge in [0.25, 0.3) is 5.91 Å². The Morgan fingerprint density at radius 2 is 2.09 bits per heavy atom. The number of fused-ring (bicyclic) bond motifs is 3. The molecule has 44 heavy (non-hydrogen) atoms. The summed E-state index contributed by atoms with van der Waals surface area (Å²) in [5.41, 5.74) is 3.99. The van der Waals surface area contributed by atoms with Gasteiger partial charge in [0, 0.05) is 63.6 Å². The summed E-state index contributed by atoms with van der Waals surface area (Å²) in [4.78, 5) is 51.9. The summed E-state index contributed by atoms with van der Waals surface area (Å²) in [6, 6.07) is 4.75. The van der Waals surface area contributed by atoms with Crippen LogP contribution in [0.2, 0.25) is 0 Å². The van der Waals surface area contributed by atoms with E-state index in [0.29, 0.717) is 72.6 Å². The first-order valence-electron chi connectivity index (χ1n) is 14.9. The fourth-order valence-electron chi connectivity index (χ4n) is 6.21. The van der Waals surface area contributed by atoms with Crippen LogP contribution in [0.25, 0.3) is 33.6 Å². The lowest BCUT2D eigenvalue weighted by atomic mass is 10.0. The molecule has 1 saturated carbocycles. The summed E-state index contributed by atoms with van der Waals surface area (Å²) in [6.45, 7) is 1.09. The van der Waals surface area contributed by atoms with Crippen LogP contribution in [-0.4, -0.2) is 91.0 Å². The topological polar surface area (TPSA) is 156 Å². The lowest BCUT2D eigenvalue weighted by Crippen LogP contribution is -2.48. The Labute approximate surface area is 251 Å². The average molecular weight is 605 g/mol. The average Bonchev–Trinajstić information content (AvgIpc) is 3.48. The van der Waals surface area contributed by atoms with Gasteiger partial charge in [0.1, 0.15) is 17.7 Å². The smallest absolute Gasteiger partial charge is 0.405 e. The summed E-state index contributed by atoms with van der Waals surface area (Å²) >= 11 is 0. The predicted molar refractivity (Wildman–Crippen MR) is 157 cm³/mol. The molecule has 1 saturated heterocycles. The van der Waals surface area contributed by atoms with Crippen molar-refractivity contribution in [1.82, 2.24) is 39.6 Å². The number of hydrogen-bond acceptors (Lipinski definition) is 7. The van der Waals surface area contributed by atoms with Crippen molar-refractivity contribution >= 4 is 40.0 Å². The third-order valence-corrected chi connectivity index (χ3v) is 8.67. The first-order chi connectivity index (χ1) is 21.3. The minimum absolute atomic E-state index is 0.0369. The fraction of sp³-hybridized carbons (Fsp3) is 0.467. The van der Waals surface area contributed by atoms with Gasteiger partial charge in [0.15, 0.2) is 11.5 Å². The molecule has 4 aromatic rings. The molecule has 0 radical (unpaired) electrons. The molecule has 6 heterocycles. The molecule has 3 N–H and O–H groups in total. The standard InChI is InChI=1S/C30H33FN8O5/c1-37-26-22(10-20-21(35-26)5-7-38(29(20)41)14-19(11-31)34-30(42)43)36-27(37)23-9-18-4-6-32-28(25(18)39(23)13-16-2-3-16)44-15-17-8-24(40)33-12-17/h4,6,9-10,16-17,19,34H,2-3,5,7-8,11-15H2,1H3,(H,33,40)(H,42,43)/t17-,19+/m0/s1. The molecule has 4 aromatic heterocycles. The van der Waals surface area contributed by atoms with Crippen LogP contribution in [0.5, 0.6) is 5.88 Å². The summed E-state index contributed by atoms with van der Waals surface area (Å²) in [5, 5.41) is 14.9. The molecule has 1 aliphatic carbocycles. The highest BCUT2D eigenvalue weighted by atomic mass is 19.1. The van der Waals surface area contributed by atoms with Gasteiger partial charge in [-0.25, -0.2) is 24.1 Å². The second-order valence-corrected chi connectivity index (χ2v) is 11.9. The molecule has 13 nitrogen and oxygen atoms in total. The Bertz CT molecular complexity index is 1800. The minimum Gasteiger partial charge on any atom is -0.476 e. The van der Waals surface area contributed by atoms with Gasteiger partial charge in [-0.15, -0.1) is 0 Å². The molecule has 14 heteroatoms. The van der Waals surface area contributed by atoms with Gasteiger partial charge in [0.2, 0.25) is 11.8 Å². The molecule has 0 spiro atoms. The van der Waals surface area contributed by atoms with Gasteiger partial charge < -0.3 is 34.5 Å². The number of aromatic nitrogens is 5. The second kappa shape index (κ2) is 11.1. The number of nitrogens with zero attached hydrogens (tertiary/aromatic N) is 6. The number of carboxylic acid groups (broad SMARTS) is 1. The zero-order valence-electron chi connectivity index (χ0n) is 24.3. The van der Waals surface area contributed by atoms with E-state index in [-0.39, 0.29) is 24.3 Å². The Morgan fingerprint density at radius 3 is 2.82 bits per heavy atom. The van der Waals surface area contributed by atoms with Gasteiger partial charge in [0.05, 0.1) is 29.6 Å². The number of carbonyl (C=O) groups is 3. The summed E-state index contributed by atoms with van der Waals surface area (Å²) in [5.74, 6) is 1.56. The first kappa shape index (κ1) is 28.0. The lowest BCUT2D eigenvalue weighted by molar-refractivity contribution is -0.119. The molecule has 2 fully saturated rings. The van der Waals surface area contributed by atoms with Crippen LogP contribution in [0, 0.1) is 11.8 Å². The third kappa shape index (κ3) is 5.18. The van der Waals surface area contributed by atoms with E-state index in [1.54, 1.807) is 12.3 Å². The number of imidazole rings is 1. The minimum atomic E-state index is -1.34. The predicted octanol–water partition coefficient (Wildman–Crippen LogP) is 2.51. The monoisotopic (exact) mass is 604 g/mol. The largest absolute Gasteiger partial charge is 0.476 e. The van der Waals surface area contributed by atoms with E-state index in [1.807, 2.05) is 17.7 Å². The van der Waals surface area contributed by atoms with Crippen LogP contribution < -0.4 is 15.4 Å². The van der Waals surface area contributed by atoms with Crippen molar-refractivity contribution < 1.29 is 28.6 Å². The Balaban J connectivity index is 1.24. The van der Waals surface area contributed by atoms with Crippen molar-refractivity contribution in [1.29, 1.82) is 0 Å². The molecule has 230 valence electrons. The van der Waals surface area contributed by atoms with Crippen LogP contribution >= 0.6 is 0 Å². The highest BCUT2D eigenvalue weighted by Gasteiger charge is 2.31. The summed E-state index contributed by atoms with van der Waals surface area (Å²) < 4.78 is 23.8. The van der Waals surface area contributed by atoms with Gasteiger partial charge in [-0.3, -0.25) is 9.59 Å². The van der Waals surface area contributed by atoms with Crippen LogP contribution in [0.4, 0.5) is 9.18 Å². The maximum Gasteiger partial charge on any atom is 0.405 e. The maximum absolute atomic E-state index is 13.4. The number of amides is 3. The van der Waals surface area contributed by atoms with E-state index in [2.05, 4.69) is 26.3 Å². The molecule has 2 aliphatic heterocycles. The molecular formula is C30H33FN8O5. The number of ether oxygens (including phenoxy) is 1. The van der Waals surface area contributed by atoms with Crippen LogP contribution in [-0.2, 0) is 24.8 Å². The van der Waals surface area contributed by atoms with Gasteiger partial charge in [-0.05, 0) is 37.0 Å². The van der Waals surface area contributed by atoms with Crippen molar-refractivity contribution in [2.75, 3.05) is 32.9 Å². The van der Waals surface area contributed by atoms with Crippen molar-refractivity contribution in [2.24, 2.45) is 18.9 Å². The number of alkyl halides is 1. The first-order valence-corrected chi connectivity index (χ1v) is 14.9. The molecule has 3 aliphatic rings. The number of hydrogen-bond donors (Lipinski definition) is 3. The summed E-state index contributed by atoms with van der Waals surface area (Å²) in [7, 11) is 1.91. The van der Waals surface area contributed by atoms with E-state index in [0.717, 1.165) is 36.0 Å². The van der Waals surface area contributed by atoms with Gasteiger partial charge in [-0.2, -0.15) is 0 Å². The van der Waals surface area contributed by atoms with Crippen molar-refractivity contribution in [3.8, 4) is 17.4 Å². The fourth-order valence-corrected chi connectivity index (χ4v) is 6.21. The SMILES string of the molecule is Cn1c(-c2cc3ccnc(OC[C@@H]4CNC(=O)C4)c3n2CC2CC2)nc2cc3c(nc21)CCN(C[C@@H](CF)NC(=O)O)C3=O. The lowest BCUT2D eigenvalue weighted by Gasteiger charge is -2.30. The van der Waals surface area contributed by atoms with Crippen LogP contribution in [0.1, 0.15) is 35.3 Å². The summed E-state index contributed by atoms with van der Waals surface area (Å²) in [6.07, 6.45) is 3.58. The number of carbonyl (C=O) groups excluding carboxylic acids is 2. The number of rotatable bonds is 10. The van der Waals surface area contributed by atoms with Gasteiger partial charge in [-0.1, -0.05) is 0 Å². The highest BCUT2D eigenvalue weighted by Crippen LogP contribution is 2.38. The number of nitrogens with one attached hydrogen (secondary N) is 2. The highest BCUT2D eigenvalue weighted by molar-refractivity contribution is 5.99. The maximum atomic E-state index is 13.4. The zero-order chi connectivity index (χ0) is 30.5. The van der Waals surface area contributed by atoms with Crippen molar-refractivity contribution in [2.45, 2.75) is 38.3 Å². The number of halogens is 1. The van der Waals surface area contributed by atoms with Gasteiger partial charge >= 0.3 is 6.09 Å². The van der Waals surface area contributed by atoms with Crippen molar-refractivity contribution in [3.63, 3.8) is 0 Å².